The molecule has 3 amide bonds. The van der Waals surface area contributed by atoms with E-state index >= 15 is 0 Å². The SMILES string of the molecule is C[C@H]1CN(C2CCOCC2)CCN1c1ncc(Nc2nc(-c3ccnc(N4CCc5c(sc6c5CCCC6)C4=O)c3CO)cn(C)c2=O)cc1C=CC(=O)NC=O. The molecule has 3 N–H and O–H groups in total. The minimum absolute atomic E-state index is 0.0155. The molecule has 0 spiro atoms. The standard InChI is InChI=1S/C41H47N9O6S/c1-25-21-48(28-11-17-56-18-12-28)15-16-49(25)38-26(7-8-35(53)44-24-52)19-27(20-43-38)45-37-41(55)47(2)22-33(46-37)29-9-13-42-39(32(29)23-51)50-14-10-31-30-5-3-4-6-34(30)57-36(31)40(50)54/h7-9,13,19-20,22,24-25,28,51H,3-6,10-12,14-18,21,23H2,1-2H3,(H,45,46)(H,44,52,53)/t25-/m0/s1. The topological polar surface area (TPSA) is 175 Å². The Labute approximate surface area is 334 Å². The van der Waals surface area contributed by atoms with Crippen LogP contribution in [0, 0.1) is 0 Å². The molecule has 298 valence electrons. The van der Waals surface area contributed by atoms with Gasteiger partial charge in [0, 0.05) is 98.6 Å². The number of aryl methyl sites for hydroxylation is 2. The maximum Gasteiger partial charge on any atom is 0.293 e. The van der Waals surface area contributed by atoms with Gasteiger partial charge in [0.05, 0.1) is 29.1 Å². The Kier molecular flexibility index (Phi) is 11.3. The summed E-state index contributed by atoms with van der Waals surface area (Å²) in [5.41, 5.74) is 4.56. The van der Waals surface area contributed by atoms with Crippen LogP contribution < -0.4 is 26.0 Å². The Morgan fingerprint density at radius 2 is 1.89 bits per heavy atom. The minimum Gasteiger partial charge on any atom is -0.392 e. The molecule has 7 heterocycles. The van der Waals surface area contributed by atoms with Gasteiger partial charge in [-0.2, -0.15) is 0 Å². The number of imide groups is 1. The fraction of sp³-hybridized carbons (Fsp3) is 0.439. The second kappa shape index (κ2) is 16.7. The van der Waals surface area contributed by atoms with E-state index in [2.05, 4.69) is 32.3 Å². The zero-order valence-electron chi connectivity index (χ0n) is 32.2. The summed E-state index contributed by atoms with van der Waals surface area (Å²) in [5, 5.41) is 16.0. The predicted octanol–water partition coefficient (Wildman–Crippen LogP) is 3.59. The van der Waals surface area contributed by atoms with Crippen LogP contribution in [-0.2, 0) is 47.2 Å². The molecule has 0 saturated carbocycles. The minimum atomic E-state index is -0.576. The van der Waals surface area contributed by atoms with Crippen molar-refractivity contribution in [3.63, 3.8) is 0 Å². The fourth-order valence-corrected chi connectivity index (χ4v) is 10.0. The van der Waals surface area contributed by atoms with Crippen LogP contribution in [0.3, 0.4) is 0 Å². The summed E-state index contributed by atoms with van der Waals surface area (Å²) in [5.74, 6) is 0.378. The largest absolute Gasteiger partial charge is 0.392 e. The fourth-order valence-electron chi connectivity index (χ4n) is 8.64. The third-order valence-corrected chi connectivity index (χ3v) is 12.8. The van der Waals surface area contributed by atoms with Crippen molar-refractivity contribution in [1.29, 1.82) is 0 Å². The number of fused-ring (bicyclic) bond motifs is 3. The zero-order valence-corrected chi connectivity index (χ0v) is 33.0. The molecule has 15 nitrogen and oxygen atoms in total. The third kappa shape index (κ3) is 7.74. The van der Waals surface area contributed by atoms with E-state index in [4.69, 9.17) is 14.7 Å². The van der Waals surface area contributed by atoms with Crippen LogP contribution in [-0.4, -0.2) is 99.2 Å². The molecule has 0 radical (unpaired) electrons. The van der Waals surface area contributed by atoms with Gasteiger partial charge in [0.1, 0.15) is 11.6 Å². The lowest BCUT2D eigenvalue weighted by Crippen LogP contribution is -2.56. The quantitative estimate of drug-likeness (QED) is 0.158. The Bertz CT molecular complexity index is 2280. The summed E-state index contributed by atoms with van der Waals surface area (Å²) in [6.45, 7) is 6.19. The lowest BCUT2D eigenvalue weighted by atomic mass is 9.92. The number of thiophene rings is 1. The van der Waals surface area contributed by atoms with Gasteiger partial charge in [0.25, 0.3) is 11.5 Å². The van der Waals surface area contributed by atoms with Crippen molar-refractivity contribution in [2.45, 2.75) is 70.6 Å². The van der Waals surface area contributed by atoms with E-state index in [-0.39, 0.29) is 17.8 Å². The van der Waals surface area contributed by atoms with Crippen LogP contribution in [0.1, 0.15) is 69.4 Å². The first-order chi connectivity index (χ1) is 27.7. The Morgan fingerprint density at radius 1 is 1.07 bits per heavy atom. The highest BCUT2D eigenvalue weighted by atomic mass is 32.1. The number of nitrogens with zero attached hydrogens (tertiary/aromatic N) is 7. The van der Waals surface area contributed by atoms with E-state index in [1.54, 1.807) is 60.1 Å². The Morgan fingerprint density at radius 3 is 2.68 bits per heavy atom. The molecule has 0 bridgehead atoms. The van der Waals surface area contributed by atoms with E-state index in [1.165, 1.54) is 26.6 Å². The van der Waals surface area contributed by atoms with Gasteiger partial charge in [-0.05, 0) is 81.2 Å². The molecule has 8 rings (SSSR count). The second-order valence-electron chi connectivity index (χ2n) is 15.0. The van der Waals surface area contributed by atoms with Crippen molar-refractivity contribution < 1.29 is 24.2 Å². The van der Waals surface area contributed by atoms with Crippen LogP contribution in [0.25, 0.3) is 17.3 Å². The molecule has 1 aliphatic carbocycles. The Hall–Kier alpha value is -5.29. The van der Waals surface area contributed by atoms with E-state index in [9.17, 15) is 24.3 Å². The number of aliphatic hydroxyl groups is 1. The van der Waals surface area contributed by atoms with Crippen molar-refractivity contribution in [1.82, 2.24) is 29.7 Å². The third-order valence-electron chi connectivity index (χ3n) is 11.5. The van der Waals surface area contributed by atoms with E-state index < -0.39 is 18.1 Å². The summed E-state index contributed by atoms with van der Waals surface area (Å²) in [6, 6.07) is 4.13. The Balaban J connectivity index is 1.08. The lowest BCUT2D eigenvalue weighted by Gasteiger charge is -2.45. The summed E-state index contributed by atoms with van der Waals surface area (Å²) < 4.78 is 6.99. The van der Waals surface area contributed by atoms with Gasteiger partial charge in [0.2, 0.25) is 12.3 Å². The van der Waals surface area contributed by atoms with E-state index in [1.807, 2.05) is 0 Å². The van der Waals surface area contributed by atoms with Crippen LogP contribution in [0.5, 0.6) is 0 Å². The van der Waals surface area contributed by atoms with Crippen LogP contribution in [0.2, 0.25) is 0 Å². The van der Waals surface area contributed by atoms with Gasteiger partial charge in [-0.25, -0.2) is 15.0 Å². The van der Waals surface area contributed by atoms with E-state index in [0.717, 1.165) is 82.7 Å². The van der Waals surface area contributed by atoms with Crippen LogP contribution in [0.4, 0.5) is 23.1 Å². The highest BCUT2D eigenvalue weighted by Crippen LogP contribution is 2.40. The first-order valence-electron chi connectivity index (χ1n) is 19.6. The van der Waals surface area contributed by atoms with Crippen molar-refractivity contribution in [2.75, 3.05) is 54.5 Å². The molecule has 4 aromatic rings. The predicted molar refractivity (Wildman–Crippen MR) is 218 cm³/mol. The monoisotopic (exact) mass is 793 g/mol. The second-order valence-corrected chi connectivity index (χ2v) is 16.1. The highest BCUT2D eigenvalue weighted by Gasteiger charge is 2.35. The van der Waals surface area contributed by atoms with Gasteiger partial charge < -0.3 is 24.6 Å². The van der Waals surface area contributed by atoms with Crippen molar-refractivity contribution in [2.24, 2.45) is 7.05 Å². The number of hydrogen-bond acceptors (Lipinski definition) is 13. The molecular weight excluding hydrogens is 747 g/mol. The summed E-state index contributed by atoms with van der Waals surface area (Å²) in [4.78, 5) is 73.4. The van der Waals surface area contributed by atoms with Crippen LogP contribution in [0.15, 0.2) is 41.6 Å². The molecule has 0 aromatic carbocycles. The average molecular weight is 794 g/mol. The molecule has 4 aliphatic rings. The van der Waals surface area contributed by atoms with Crippen molar-refractivity contribution >= 4 is 58.8 Å². The number of aromatic nitrogens is 4. The van der Waals surface area contributed by atoms with Gasteiger partial charge in [-0.15, -0.1) is 11.3 Å². The molecule has 2 saturated heterocycles. The first-order valence-corrected chi connectivity index (χ1v) is 20.5. The highest BCUT2D eigenvalue weighted by molar-refractivity contribution is 7.14. The molecule has 16 heteroatoms. The summed E-state index contributed by atoms with van der Waals surface area (Å²) >= 11 is 1.59. The summed E-state index contributed by atoms with van der Waals surface area (Å²) in [6.07, 6.45) is 15.1. The normalized spacial score (nSPS) is 19.1. The lowest BCUT2D eigenvalue weighted by molar-refractivity contribution is -0.121. The number of pyridine rings is 2. The summed E-state index contributed by atoms with van der Waals surface area (Å²) in [7, 11) is 1.62. The van der Waals surface area contributed by atoms with E-state index in [0.29, 0.717) is 58.7 Å². The number of piperazine rings is 1. The average Bonchev–Trinajstić information content (AvgIpc) is 3.62. The number of hydrogen-bond donors (Lipinski definition) is 3. The van der Waals surface area contributed by atoms with Gasteiger partial charge >= 0.3 is 0 Å². The molecule has 57 heavy (non-hydrogen) atoms. The van der Waals surface area contributed by atoms with Crippen molar-refractivity contribution in [3.05, 3.63) is 79.2 Å². The number of aliphatic hydroxyl groups excluding tert-OH is 1. The number of carbonyl (C=O) groups excluding carboxylic acids is 3. The first kappa shape index (κ1) is 38.6. The number of nitrogens with one attached hydrogen (secondary N) is 2. The van der Waals surface area contributed by atoms with Crippen molar-refractivity contribution in [3.8, 4) is 11.3 Å². The number of amides is 3. The molecule has 4 aromatic heterocycles. The molecule has 1 atom stereocenters. The number of ether oxygens (including phenoxy) is 1. The van der Waals surface area contributed by atoms with Crippen LogP contribution >= 0.6 is 11.3 Å². The van der Waals surface area contributed by atoms with Gasteiger partial charge in [0.15, 0.2) is 5.82 Å². The number of rotatable bonds is 10. The zero-order chi connectivity index (χ0) is 39.6. The molecular formula is C41H47N9O6S. The smallest absolute Gasteiger partial charge is 0.293 e. The molecule has 2 fully saturated rings. The van der Waals surface area contributed by atoms with Gasteiger partial charge in [-0.3, -0.25) is 34.3 Å². The number of anilines is 4. The van der Waals surface area contributed by atoms with Gasteiger partial charge in [-0.1, -0.05) is 0 Å². The molecule has 3 aliphatic heterocycles. The molecule has 0 unspecified atom stereocenters. The number of carbonyl (C=O) groups is 3. The maximum atomic E-state index is 14.0. The maximum absolute atomic E-state index is 14.0.